The minimum Gasteiger partial charge on any atom is -0.463 e. The Morgan fingerprint density at radius 1 is 1.04 bits per heavy atom. The molecule has 3 amide bonds. The van der Waals surface area contributed by atoms with Crippen molar-refractivity contribution >= 4 is 23.7 Å². The first-order chi connectivity index (χ1) is 21.7. The van der Waals surface area contributed by atoms with E-state index in [4.69, 9.17) is 9.47 Å². The maximum atomic E-state index is 15.0. The third-order valence-corrected chi connectivity index (χ3v) is 9.78. The van der Waals surface area contributed by atoms with E-state index < -0.39 is 59.1 Å². The van der Waals surface area contributed by atoms with Crippen LogP contribution in [0.1, 0.15) is 78.8 Å². The van der Waals surface area contributed by atoms with Crippen LogP contribution in [0.2, 0.25) is 0 Å². The Bertz CT molecular complexity index is 1380. The summed E-state index contributed by atoms with van der Waals surface area (Å²) in [5.74, 6) is -3.36. The van der Waals surface area contributed by atoms with Crippen LogP contribution in [0.25, 0.3) is 0 Å². The summed E-state index contributed by atoms with van der Waals surface area (Å²) in [5, 5.41) is 13.5. The summed E-state index contributed by atoms with van der Waals surface area (Å²) in [6, 6.07) is 6.89. The summed E-state index contributed by atoms with van der Waals surface area (Å²) < 4.78 is 12.2. The van der Waals surface area contributed by atoms with Crippen molar-refractivity contribution in [2.75, 3.05) is 19.8 Å². The number of hydrogen-bond donors (Lipinski definition) is 2. The number of benzene rings is 1. The van der Waals surface area contributed by atoms with Crippen LogP contribution < -0.4 is 5.32 Å². The lowest BCUT2D eigenvalue weighted by molar-refractivity contribution is -0.154. The summed E-state index contributed by atoms with van der Waals surface area (Å²) >= 11 is 0. The Balaban J connectivity index is 1.62. The lowest BCUT2D eigenvalue weighted by atomic mass is 9.73. The average molecular weight is 636 g/mol. The highest BCUT2D eigenvalue weighted by molar-refractivity contribution is 6.00. The number of amides is 3. The Hall–Kier alpha value is -3.50. The van der Waals surface area contributed by atoms with Gasteiger partial charge in [0.2, 0.25) is 17.7 Å². The molecule has 4 heterocycles. The summed E-state index contributed by atoms with van der Waals surface area (Å²) in [5.41, 5.74) is -1.36. The molecule has 10 nitrogen and oxygen atoms in total. The van der Waals surface area contributed by atoms with Gasteiger partial charge in [-0.25, -0.2) is 0 Å². The molecule has 4 aliphatic rings. The Morgan fingerprint density at radius 2 is 1.76 bits per heavy atom. The van der Waals surface area contributed by atoms with E-state index in [-0.39, 0.29) is 43.4 Å². The van der Waals surface area contributed by atoms with Gasteiger partial charge in [-0.2, -0.15) is 0 Å². The number of allylic oxidation sites excluding steroid dienone is 1. The Kier molecular flexibility index (Phi) is 9.53. The molecule has 1 spiro atoms. The number of likely N-dealkylation sites (tertiary alicyclic amines) is 1. The zero-order valence-corrected chi connectivity index (χ0v) is 27.9. The fourth-order valence-electron chi connectivity index (χ4n) is 8.09. The van der Waals surface area contributed by atoms with E-state index in [1.807, 2.05) is 63.3 Å². The predicted molar refractivity (Wildman–Crippen MR) is 172 cm³/mol. The fraction of sp³-hybridized carbons (Fsp3) is 0.611. The SMILES string of the molecule is CC[C@@H](CO)N1C(=O)[C@H]2[C@@H]3C(=O)N[C@H](c4ccccc4)COC(=O)CC/C=C\CN(C(C)(C)CC(C)(C)C)C(=O)[C@H]1[C@@]21C=C[C@@H]3O1. The summed E-state index contributed by atoms with van der Waals surface area (Å²) in [6.45, 7) is 12.1. The molecule has 5 bridgehead atoms. The van der Waals surface area contributed by atoms with Crippen LogP contribution in [0.5, 0.6) is 0 Å². The van der Waals surface area contributed by atoms with Crippen molar-refractivity contribution in [3.05, 3.63) is 60.2 Å². The molecule has 0 saturated carbocycles. The second-order valence-electron chi connectivity index (χ2n) is 14.9. The van der Waals surface area contributed by atoms with Gasteiger partial charge >= 0.3 is 5.97 Å². The lowest BCUT2D eigenvalue weighted by Crippen LogP contribution is -2.62. The molecule has 46 heavy (non-hydrogen) atoms. The minimum atomic E-state index is -1.37. The first-order valence-electron chi connectivity index (χ1n) is 16.5. The van der Waals surface area contributed by atoms with Gasteiger partial charge in [0.25, 0.3) is 0 Å². The van der Waals surface area contributed by atoms with Gasteiger partial charge in [0.1, 0.15) is 18.2 Å². The third kappa shape index (κ3) is 6.26. The van der Waals surface area contributed by atoms with Gasteiger partial charge in [-0.15, -0.1) is 0 Å². The summed E-state index contributed by atoms with van der Waals surface area (Å²) in [7, 11) is 0. The molecular formula is C36H49N3O7. The normalized spacial score (nSPS) is 31.9. The summed E-state index contributed by atoms with van der Waals surface area (Å²) in [4.78, 5) is 59.8. The van der Waals surface area contributed by atoms with Crippen LogP contribution in [0, 0.1) is 17.3 Å². The van der Waals surface area contributed by atoms with Crippen molar-refractivity contribution in [1.82, 2.24) is 15.1 Å². The standard InChI is InChI=1S/C36H49N3O7/c1-7-24(20-40)39-30-33(44)38(35(5,6)22-34(2,3)4)19-13-9-12-16-27(41)45-21-25(23-14-10-8-11-15-23)37-31(42)28-26-17-18-36(30,46-26)29(28)32(39)43/h8-11,13-15,17-18,24-26,28-30,40H,7,12,16,19-22H2,1-6H3,(H,37,42)/b13-9-/t24-,25-,26-,28+,29+,30-,36+/m0/s1. The number of nitrogens with one attached hydrogen (secondary N) is 1. The molecule has 2 saturated heterocycles. The lowest BCUT2D eigenvalue weighted by Gasteiger charge is -2.46. The van der Waals surface area contributed by atoms with Gasteiger partial charge in [-0.05, 0) is 44.1 Å². The highest BCUT2D eigenvalue weighted by atomic mass is 16.5. The van der Waals surface area contributed by atoms with E-state index in [1.165, 1.54) is 4.90 Å². The second kappa shape index (κ2) is 13.0. The molecule has 5 rings (SSSR count). The minimum absolute atomic E-state index is 0.0689. The number of aliphatic hydroxyl groups excluding tert-OH is 1. The molecule has 2 fully saturated rings. The number of esters is 1. The highest BCUT2D eigenvalue weighted by Gasteiger charge is 2.74. The molecule has 2 N–H and O–H groups in total. The van der Waals surface area contributed by atoms with Gasteiger partial charge in [-0.3, -0.25) is 19.2 Å². The molecule has 10 heteroatoms. The van der Waals surface area contributed by atoms with E-state index in [0.29, 0.717) is 19.3 Å². The number of hydrogen-bond acceptors (Lipinski definition) is 7. The predicted octanol–water partition coefficient (Wildman–Crippen LogP) is 3.70. The molecule has 0 radical (unpaired) electrons. The summed E-state index contributed by atoms with van der Waals surface area (Å²) in [6.07, 6.45) is 8.29. The number of cyclic esters (lactones) is 1. The van der Waals surface area contributed by atoms with Crippen LogP contribution >= 0.6 is 0 Å². The third-order valence-electron chi connectivity index (χ3n) is 9.78. The van der Waals surface area contributed by atoms with Gasteiger partial charge in [0, 0.05) is 18.5 Å². The van der Waals surface area contributed by atoms with Crippen LogP contribution in [-0.4, -0.2) is 87.7 Å². The molecule has 1 aromatic rings. The molecule has 0 aliphatic carbocycles. The molecular weight excluding hydrogens is 586 g/mol. The maximum absolute atomic E-state index is 15.0. The zero-order chi connectivity index (χ0) is 33.4. The molecule has 0 unspecified atom stereocenters. The van der Waals surface area contributed by atoms with Crippen molar-refractivity contribution in [3.8, 4) is 0 Å². The van der Waals surface area contributed by atoms with E-state index in [0.717, 1.165) is 5.56 Å². The van der Waals surface area contributed by atoms with Crippen molar-refractivity contribution in [3.63, 3.8) is 0 Å². The number of rotatable bonds is 6. The van der Waals surface area contributed by atoms with Crippen molar-refractivity contribution in [1.29, 1.82) is 0 Å². The van der Waals surface area contributed by atoms with Crippen LogP contribution in [-0.2, 0) is 28.7 Å². The number of fused-ring (bicyclic) bond motifs is 2. The molecule has 4 aliphatic heterocycles. The van der Waals surface area contributed by atoms with Gasteiger partial charge in [0.15, 0.2) is 0 Å². The molecule has 0 aromatic heterocycles. The first kappa shape index (κ1) is 33.9. The van der Waals surface area contributed by atoms with Crippen molar-refractivity contribution in [2.45, 2.75) is 103 Å². The first-order valence-corrected chi connectivity index (χ1v) is 16.5. The number of carbonyl (C=O) groups is 4. The van der Waals surface area contributed by atoms with E-state index in [2.05, 4.69) is 26.1 Å². The smallest absolute Gasteiger partial charge is 0.306 e. The Morgan fingerprint density at radius 3 is 2.41 bits per heavy atom. The van der Waals surface area contributed by atoms with Crippen LogP contribution in [0.4, 0.5) is 0 Å². The number of nitrogens with zero attached hydrogens (tertiary/aromatic N) is 2. The van der Waals surface area contributed by atoms with E-state index in [9.17, 15) is 19.5 Å². The average Bonchev–Trinajstić information content (AvgIpc) is 3.63. The Labute approximate surface area is 272 Å². The second-order valence-corrected chi connectivity index (χ2v) is 14.9. The van der Waals surface area contributed by atoms with Gasteiger partial charge < -0.3 is 29.7 Å². The fourth-order valence-corrected chi connectivity index (χ4v) is 8.09. The molecule has 250 valence electrons. The number of aliphatic hydroxyl groups is 1. The largest absolute Gasteiger partial charge is 0.463 e. The van der Waals surface area contributed by atoms with Gasteiger partial charge in [-0.1, -0.05) is 82.3 Å². The van der Waals surface area contributed by atoms with Crippen molar-refractivity contribution in [2.24, 2.45) is 17.3 Å². The molecule has 1 aromatic carbocycles. The zero-order valence-electron chi connectivity index (χ0n) is 27.9. The van der Waals surface area contributed by atoms with Gasteiger partial charge in [0.05, 0.1) is 36.6 Å². The van der Waals surface area contributed by atoms with Crippen LogP contribution in [0.15, 0.2) is 54.6 Å². The number of ether oxygens (including phenoxy) is 2. The maximum Gasteiger partial charge on any atom is 0.306 e. The van der Waals surface area contributed by atoms with E-state index >= 15 is 4.79 Å². The van der Waals surface area contributed by atoms with Crippen LogP contribution in [0.3, 0.4) is 0 Å². The molecule has 7 atom stereocenters. The van der Waals surface area contributed by atoms with E-state index in [1.54, 1.807) is 17.1 Å². The quantitative estimate of drug-likeness (QED) is 0.361. The highest BCUT2D eigenvalue weighted by Crippen LogP contribution is 2.56. The topological polar surface area (TPSA) is 125 Å². The van der Waals surface area contributed by atoms with Crippen molar-refractivity contribution < 1.29 is 33.8 Å². The monoisotopic (exact) mass is 635 g/mol. The number of carbonyl (C=O) groups excluding carboxylic acids is 4.